The van der Waals surface area contributed by atoms with Crippen molar-refractivity contribution in [2.75, 3.05) is 39.2 Å². The van der Waals surface area contributed by atoms with Crippen molar-refractivity contribution in [2.24, 2.45) is 0 Å². The summed E-state index contributed by atoms with van der Waals surface area (Å²) >= 11 is 0. The number of nitrogens with one attached hydrogen (secondary N) is 1. The van der Waals surface area contributed by atoms with Crippen LogP contribution in [0.5, 0.6) is 5.75 Å². The number of alkyl halides is 3. The first-order valence-corrected chi connectivity index (χ1v) is 11.9. The number of hydrogen-bond acceptors (Lipinski definition) is 7. The van der Waals surface area contributed by atoms with Crippen LogP contribution >= 0.6 is 0 Å². The van der Waals surface area contributed by atoms with Crippen molar-refractivity contribution < 1.29 is 27.4 Å². The van der Waals surface area contributed by atoms with E-state index in [4.69, 9.17) is 15.9 Å². The maximum absolute atomic E-state index is 13.4. The average molecular weight is 525 g/mol. The van der Waals surface area contributed by atoms with Gasteiger partial charge in [0, 0.05) is 47.7 Å². The van der Waals surface area contributed by atoms with Crippen LogP contribution in [0.2, 0.25) is 0 Å². The molecular formula is C28H27F3N4O3. The van der Waals surface area contributed by atoms with Gasteiger partial charge in [-0.2, -0.15) is 13.2 Å². The minimum Gasteiger partial charge on any atom is -0.488 e. The van der Waals surface area contributed by atoms with E-state index in [1.165, 1.54) is 18.5 Å². The van der Waals surface area contributed by atoms with Crippen LogP contribution in [-0.4, -0.2) is 60.6 Å². The van der Waals surface area contributed by atoms with Gasteiger partial charge in [0.15, 0.2) is 5.78 Å². The first-order chi connectivity index (χ1) is 18.1. The van der Waals surface area contributed by atoms with Gasteiger partial charge in [-0.05, 0) is 44.4 Å². The number of carbonyl (C=O) groups excluding carboxylic acids is 1. The lowest BCUT2D eigenvalue weighted by atomic mass is 10.0. The van der Waals surface area contributed by atoms with Gasteiger partial charge in [-0.1, -0.05) is 12.0 Å². The summed E-state index contributed by atoms with van der Waals surface area (Å²) in [5.74, 6) is 2.90. The number of hydrogen-bond donors (Lipinski definition) is 1. The lowest BCUT2D eigenvalue weighted by molar-refractivity contribution is -0.137. The van der Waals surface area contributed by atoms with Gasteiger partial charge in [-0.15, -0.1) is 6.42 Å². The van der Waals surface area contributed by atoms with Crippen molar-refractivity contribution in [1.82, 2.24) is 14.9 Å². The van der Waals surface area contributed by atoms with E-state index in [1.54, 1.807) is 18.2 Å². The van der Waals surface area contributed by atoms with Crippen LogP contribution in [0.15, 0.2) is 48.8 Å². The summed E-state index contributed by atoms with van der Waals surface area (Å²) in [7, 11) is 3.80. The number of allylic oxidation sites excluding steroid dienone is 1. The first-order valence-electron chi connectivity index (χ1n) is 11.9. The molecule has 2 heterocycles. The van der Waals surface area contributed by atoms with Crippen LogP contribution in [0.1, 0.15) is 23.1 Å². The summed E-state index contributed by atoms with van der Waals surface area (Å²) in [4.78, 5) is 23.2. The van der Waals surface area contributed by atoms with Crippen LogP contribution < -0.4 is 10.1 Å². The van der Waals surface area contributed by atoms with Gasteiger partial charge in [0.05, 0.1) is 24.3 Å². The quantitative estimate of drug-likeness (QED) is 0.319. The predicted octanol–water partition coefficient (Wildman–Crippen LogP) is 4.77. The molecule has 0 amide bonds. The molecular weight excluding hydrogens is 497 g/mol. The molecule has 0 bridgehead atoms. The number of halogens is 3. The summed E-state index contributed by atoms with van der Waals surface area (Å²) in [5, 5.41) is 3.46. The number of ether oxygens (including phenoxy) is 2. The third kappa shape index (κ3) is 6.88. The fourth-order valence-corrected chi connectivity index (χ4v) is 3.99. The fraction of sp³-hybridized carbons (Fsp3) is 0.321. The molecule has 0 spiro atoms. The van der Waals surface area contributed by atoms with Gasteiger partial charge in [-0.25, -0.2) is 9.97 Å². The second-order valence-electron chi connectivity index (χ2n) is 9.18. The van der Waals surface area contributed by atoms with Crippen LogP contribution in [0, 0.1) is 12.3 Å². The fourth-order valence-electron chi connectivity index (χ4n) is 3.99. The lowest BCUT2D eigenvalue weighted by Gasteiger charge is -2.17. The van der Waals surface area contributed by atoms with Gasteiger partial charge < -0.3 is 19.7 Å². The van der Waals surface area contributed by atoms with E-state index < -0.39 is 11.7 Å². The molecule has 38 heavy (non-hydrogen) atoms. The van der Waals surface area contributed by atoms with Crippen LogP contribution in [-0.2, 0) is 22.1 Å². The summed E-state index contributed by atoms with van der Waals surface area (Å²) in [5.41, 5.74) is 0.431. The largest absolute Gasteiger partial charge is 0.488 e. The molecule has 0 radical (unpaired) electrons. The number of nitrogens with zero attached hydrogens (tertiary/aromatic N) is 3. The van der Waals surface area contributed by atoms with Crippen molar-refractivity contribution in [1.29, 1.82) is 0 Å². The Kier molecular flexibility index (Phi) is 8.29. The van der Waals surface area contributed by atoms with Crippen molar-refractivity contribution in [3.05, 3.63) is 65.5 Å². The van der Waals surface area contributed by atoms with E-state index in [-0.39, 0.29) is 35.4 Å². The molecule has 2 aromatic carbocycles. The first kappa shape index (κ1) is 27.1. The monoisotopic (exact) mass is 524 g/mol. The van der Waals surface area contributed by atoms with E-state index in [1.807, 2.05) is 19.0 Å². The second-order valence-corrected chi connectivity index (χ2v) is 9.18. The standard InChI is InChI=1S/C28H27F3N4O3/c1-4-18-10-20(28(29,30)31)14-21(11-18)34-27-24-13-19(12-22(36)6-5-8-35(2)3)26(15-25(24)32-17-33-27)38-23-7-9-37-16-23/h1,5-6,10-11,13-15,17,23H,7-9,12,16H2,2-3H3,(H,32,33,34)/b6-5+/t23-/m0/s1. The summed E-state index contributed by atoms with van der Waals surface area (Å²) in [6.45, 7) is 1.65. The van der Waals surface area contributed by atoms with Crippen molar-refractivity contribution in [2.45, 2.75) is 25.1 Å². The molecule has 0 unspecified atom stereocenters. The Morgan fingerprint density at radius 3 is 2.76 bits per heavy atom. The van der Waals surface area contributed by atoms with E-state index in [0.717, 1.165) is 18.6 Å². The molecule has 7 nitrogen and oxygen atoms in total. The number of rotatable bonds is 9. The molecule has 1 aliphatic heterocycles. The number of terminal acetylenes is 1. The molecule has 198 valence electrons. The summed E-state index contributed by atoms with van der Waals surface area (Å²) in [6, 6.07) is 6.75. The summed E-state index contributed by atoms with van der Waals surface area (Å²) < 4.78 is 51.8. The highest BCUT2D eigenvalue weighted by molar-refractivity contribution is 5.96. The molecule has 1 aromatic heterocycles. The van der Waals surface area contributed by atoms with Gasteiger partial charge >= 0.3 is 6.18 Å². The molecule has 10 heteroatoms. The summed E-state index contributed by atoms with van der Waals surface area (Å²) in [6.07, 6.45) is 6.04. The van der Waals surface area contributed by atoms with Crippen molar-refractivity contribution in [3.63, 3.8) is 0 Å². The zero-order valence-electron chi connectivity index (χ0n) is 21.0. The molecule has 1 N–H and O–H groups in total. The number of likely N-dealkylation sites (N-methyl/N-ethyl adjacent to an activating group) is 1. The number of benzene rings is 2. The Hall–Kier alpha value is -3.94. The van der Waals surface area contributed by atoms with Crippen molar-refractivity contribution in [3.8, 4) is 18.1 Å². The molecule has 1 fully saturated rings. The number of ketones is 1. The maximum atomic E-state index is 13.4. The van der Waals surface area contributed by atoms with E-state index in [9.17, 15) is 18.0 Å². The number of fused-ring (bicyclic) bond motifs is 1. The second kappa shape index (κ2) is 11.6. The Bertz CT molecular complexity index is 1390. The third-order valence-corrected chi connectivity index (χ3v) is 5.83. The minimum absolute atomic E-state index is 0.0575. The zero-order chi connectivity index (χ0) is 27.3. The van der Waals surface area contributed by atoms with E-state index >= 15 is 0 Å². The number of carbonyl (C=O) groups is 1. The van der Waals surface area contributed by atoms with Gasteiger partial charge in [0.1, 0.15) is 24.0 Å². The smallest absolute Gasteiger partial charge is 0.416 e. The molecule has 4 rings (SSSR count). The maximum Gasteiger partial charge on any atom is 0.416 e. The van der Waals surface area contributed by atoms with Gasteiger partial charge in [0.2, 0.25) is 0 Å². The minimum atomic E-state index is -4.57. The van der Waals surface area contributed by atoms with Gasteiger partial charge in [-0.3, -0.25) is 4.79 Å². The van der Waals surface area contributed by atoms with Crippen molar-refractivity contribution >= 4 is 28.2 Å². The topological polar surface area (TPSA) is 76.6 Å². The Labute approximate surface area is 218 Å². The van der Waals surface area contributed by atoms with Crippen LogP contribution in [0.25, 0.3) is 10.9 Å². The molecule has 0 saturated carbocycles. The van der Waals surface area contributed by atoms with Crippen LogP contribution in [0.3, 0.4) is 0 Å². The van der Waals surface area contributed by atoms with E-state index in [2.05, 4.69) is 21.2 Å². The molecule has 1 aliphatic rings. The third-order valence-electron chi connectivity index (χ3n) is 5.83. The predicted molar refractivity (Wildman–Crippen MR) is 138 cm³/mol. The Morgan fingerprint density at radius 1 is 1.26 bits per heavy atom. The highest BCUT2D eigenvalue weighted by atomic mass is 19.4. The zero-order valence-corrected chi connectivity index (χ0v) is 21.0. The average Bonchev–Trinajstić information content (AvgIpc) is 3.37. The molecule has 1 atom stereocenters. The molecule has 1 saturated heterocycles. The Morgan fingerprint density at radius 2 is 2.08 bits per heavy atom. The Balaban J connectivity index is 1.72. The van der Waals surface area contributed by atoms with E-state index in [0.29, 0.717) is 42.0 Å². The van der Waals surface area contributed by atoms with Crippen LogP contribution in [0.4, 0.5) is 24.7 Å². The molecule has 0 aliphatic carbocycles. The normalized spacial score (nSPS) is 15.8. The van der Waals surface area contributed by atoms with Gasteiger partial charge in [0.25, 0.3) is 0 Å². The number of anilines is 2. The SMILES string of the molecule is C#Cc1cc(Nc2ncnc3cc(O[C@H]4CCOC4)c(CC(=O)/C=C/CN(C)C)cc23)cc(C(F)(F)F)c1. The lowest BCUT2D eigenvalue weighted by Crippen LogP contribution is -2.17. The highest BCUT2D eigenvalue weighted by Gasteiger charge is 2.31. The molecule has 3 aromatic rings. The highest BCUT2D eigenvalue weighted by Crippen LogP contribution is 2.35. The number of aromatic nitrogens is 2.